The molecule has 1 amide bonds. The number of amides is 1. The number of aryl methyl sites for hydroxylation is 4. The summed E-state index contributed by atoms with van der Waals surface area (Å²) < 4.78 is 3.51. The molecule has 1 N–H and O–H groups in total. The van der Waals surface area contributed by atoms with Crippen molar-refractivity contribution in [1.82, 2.24) is 24.9 Å². The van der Waals surface area contributed by atoms with Crippen molar-refractivity contribution in [2.24, 2.45) is 7.05 Å². The summed E-state index contributed by atoms with van der Waals surface area (Å²) in [5.41, 5.74) is 3.34. The SMILES string of the molecule is CCn1cc(C(=O)NCc2cn(C)nc2C)c(C)n1. The third kappa shape index (κ3) is 2.83. The van der Waals surface area contributed by atoms with Gasteiger partial charge in [0, 0.05) is 38.1 Å². The maximum atomic E-state index is 12.1. The molecule has 0 fully saturated rings. The zero-order valence-corrected chi connectivity index (χ0v) is 11.8. The van der Waals surface area contributed by atoms with E-state index in [0.717, 1.165) is 23.5 Å². The second kappa shape index (κ2) is 5.26. The number of carbonyl (C=O) groups is 1. The zero-order valence-electron chi connectivity index (χ0n) is 11.8. The summed E-state index contributed by atoms with van der Waals surface area (Å²) in [6, 6.07) is 0. The van der Waals surface area contributed by atoms with Crippen LogP contribution in [-0.4, -0.2) is 25.5 Å². The first-order valence-electron chi connectivity index (χ1n) is 6.32. The lowest BCUT2D eigenvalue weighted by atomic mass is 10.2. The van der Waals surface area contributed by atoms with Crippen LogP contribution < -0.4 is 5.32 Å². The molecule has 0 aliphatic carbocycles. The Labute approximate surface area is 112 Å². The molecule has 2 rings (SSSR count). The number of hydrogen-bond acceptors (Lipinski definition) is 3. The molecule has 2 aromatic rings. The van der Waals surface area contributed by atoms with E-state index in [2.05, 4.69) is 15.5 Å². The zero-order chi connectivity index (χ0) is 14.0. The van der Waals surface area contributed by atoms with Crippen LogP contribution in [0, 0.1) is 13.8 Å². The maximum absolute atomic E-state index is 12.1. The molecule has 6 heteroatoms. The summed E-state index contributed by atoms with van der Waals surface area (Å²) in [7, 11) is 1.87. The molecule has 2 aromatic heterocycles. The Morgan fingerprint density at radius 2 is 2.00 bits per heavy atom. The highest BCUT2D eigenvalue weighted by Gasteiger charge is 2.13. The summed E-state index contributed by atoms with van der Waals surface area (Å²) in [6.45, 7) is 7.01. The van der Waals surface area contributed by atoms with Gasteiger partial charge in [-0.05, 0) is 20.8 Å². The van der Waals surface area contributed by atoms with Gasteiger partial charge in [-0.2, -0.15) is 10.2 Å². The van der Waals surface area contributed by atoms with Gasteiger partial charge in [0.1, 0.15) is 0 Å². The Morgan fingerprint density at radius 3 is 2.53 bits per heavy atom. The lowest BCUT2D eigenvalue weighted by Gasteiger charge is -2.02. The van der Waals surface area contributed by atoms with Crippen LogP contribution in [-0.2, 0) is 20.1 Å². The second-order valence-corrected chi connectivity index (χ2v) is 4.58. The van der Waals surface area contributed by atoms with Gasteiger partial charge in [-0.1, -0.05) is 0 Å². The Hall–Kier alpha value is -2.11. The van der Waals surface area contributed by atoms with Gasteiger partial charge in [0.2, 0.25) is 0 Å². The van der Waals surface area contributed by atoms with Crippen LogP contribution in [0.2, 0.25) is 0 Å². The topological polar surface area (TPSA) is 64.7 Å². The highest BCUT2D eigenvalue weighted by atomic mass is 16.1. The first-order chi connectivity index (χ1) is 9.01. The van der Waals surface area contributed by atoms with E-state index in [4.69, 9.17) is 0 Å². The molecule has 19 heavy (non-hydrogen) atoms. The number of aromatic nitrogens is 4. The van der Waals surface area contributed by atoms with Crippen molar-refractivity contribution in [3.63, 3.8) is 0 Å². The van der Waals surface area contributed by atoms with Crippen LogP contribution in [0.25, 0.3) is 0 Å². The Morgan fingerprint density at radius 1 is 1.26 bits per heavy atom. The van der Waals surface area contributed by atoms with E-state index in [9.17, 15) is 4.79 Å². The first-order valence-corrected chi connectivity index (χ1v) is 6.32. The minimum Gasteiger partial charge on any atom is -0.348 e. The number of nitrogens with zero attached hydrogens (tertiary/aromatic N) is 4. The number of nitrogens with one attached hydrogen (secondary N) is 1. The fourth-order valence-electron chi connectivity index (χ4n) is 2.00. The van der Waals surface area contributed by atoms with E-state index in [-0.39, 0.29) is 5.91 Å². The van der Waals surface area contributed by atoms with Gasteiger partial charge in [-0.3, -0.25) is 14.2 Å². The predicted octanol–water partition coefficient (Wildman–Crippen LogP) is 1.18. The van der Waals surface area contributed by atoms with Gasteiger partial charge >= 0.3 is 0 Å². The highest BCUT2D eigenvalue weighted by Crippen LogP contribution is 2.08. The summed E-state index contributed by atoms with van der Waals surface area (Å²) in [6.07, 6.45) is 3.69. The second-order valence-electron chi connectivity index (χ2n) is 4.58. The largest absolute Gasteiger partial charge is 0.348 e. The van der Waals surface area contributed by atoms with Crippen LogP contribution in [0.15, 0.2) is 12.4 Å². The van der Waals surface area contributed by atoms with Crippen molar-refractivity contribution in [3.05, 3.63) is 34.9 Å². The van der Waals surface area contributed by atoms with E-state index in [1.807, 2.05) is 34.0 Å². The fourth-order valence-corrected chi connectivity index (χ4v) is 2.00. The first kappa shape index (κ1) is 13.3. The number of carbonyl (C=O) groups excluding carboxylic acids is 1. The normalized spacial score (nSPS) is 10.7. The van der Waals surface area contributed by atoms with E-state index in [0.29, 0.717) is 12.1 Å². The Balaban J connectivity index is 2.05. The van der Waals surface area contributed by atoms with Gasteiger partial charge in [0.05, 0.1) is 17.0 Å². The summed E-state index contributed by atoms with van der Waals surface area (Å²) in [5.74, 6) is -0.0968. The van der Waals surface area contributed by atoms with Gasteiger partial charge in [-0.15, -0.1) is 0 Å². The van der Waals surface area contributed by atoms with Crippen LogP contribution in [0.3, 0.4) is 0 Å². The Kier molecular flexibility index (Phi) is 3.69. The minimum absolute atomic E-state index is 0.0968. The summed E-state index contributed by atoms with van der Waals surface area (Å²) in [4.78, 5) is 12.1. The molecule has 0 aromatic carbocycles. The van der Waals surface area contributed by atoms with Gasteiger partial charge < -0.3 is 5.32 Å². The van der Waals surface area contributed by atoms with Crippen molar-refractivity contribution >= 4 is 5.91 Å². The summed E-state index contributed by atoms with van der Waals surface area (Å²) in [5, 5.41) is 11.4. The fraction of sp³-hybridized carbons (Fsp3) is 0.462. The lowest BCUT2D eigenvalue weighted by molar-refractivity contribution is 0.0950. The third-order valence-electron chi connectivity index (χ3n) is 3.07. The lowest BCUT2D eigenvalue weighted by Crippen LogP contribution is -2.23. The minimum atomic E-state index is -0.0968. The van der Waals surface area contributed by atoms with Crippen LogP contribution >= 0.6 is 0 Å². The maximum Gasteiger partial charge on any atom is 0.255 e. The smallest absolute Gasteiger partial charge is 0.255 e. The number of rotatable bonds is 4. The molecule has 0 bridgehead atoms. The van der Waals surface area contributed by atoms with Crippen molar-refractivity contribution in [3.8, 4) is 0 Å². The van der Waals surface area contributed by atoms with Crippen LogP contribution in [0.4, 0.5) is 0 Å². The van der Waals surface area contributed by atoms with Crippen molar-refractivity contribution in [2.45, 2.75) is 33.9 Å². The molecule has 0 radical (unpaired) electrons. The quantitative estimate of drug-likeness (QED) is 0.899. The van der Waals surface area contributed by atoms with Crippen molar-refractivity contribution < 1.29 is 4.79 Å². The molecule has 0 aliphatic rings. The molecule has 0 spiro atoms. The Bertz CT molecular complexity index is 596. The van der Waals surface area contributed by atoms with E-state index >= 15 is 0 Å². The van der Waals surface area contributed by atoms with Crippen LogP contribution in [0.1, 0.15) is 34.2 Å². The molecule has 102 valence electrons. The predicted molar refractivity (Wildman–Crippen MR) is 71.8 cm³/mol. The molecular weight excluding hydrogens is 242 g/mol. The molecular formula is C13H19N5O. The molecule has 2 heterocycles. The van der Waals surface area contributed by atoms with Gasteiger partial charge in [0.15, 0.2) is 0 Å². The van der Waals surface area contributed by atoms with Gasteiger partial charge in [0.25, 0.3) is 5.91 Å². The standard InChI is InChI=1S/C13H19N5O/c1-5-18-8-12(10(3)16-18)13(19)14-6-11-7-17(4)15-9(11)2/h7-8H,5-6H2,1-4H3,(H,14,19). The molecule has 0 saturated heterocycles. The molecule has 0 saturated carbocycles. The number of hydrogen-bond donors (Lipinski definition) is 1. The molecule has 0 unspecified atom stereocenters. The highest BCUT2D eigenvalue weighted by molar-refractivity contribution is 5.94. The monoisotopic (exact) mass is 261 g/mol. The van der Waals surface area contributed by atoms with E-state index in [1.54, 1.807) is 15.6 Å². The van der Waals surface area contributed by atoms with E-state index in [1.165, 1.54) is 0 Å². The molecule has 6 nitrogen and oxygen atoms in total. The van der Waals surface area contributed by atoms with Crippen molar-refractivity contribution in [2.75, 3.05) is 0 Å². The average molecular weight is 261 g/mol. The van der Waals surface area contributed by atoms with Crippen LogP contribution in [0.5, 0.6) is 0 Å². The third-order valence-corrected chi connectivity index (χ3v) is 3.07. The summed E-state index contributed by atoms with van der Waals surface area (Å²) >= 11 is 0. The van der Waals surface area contributed by atoms with E-state index < -0.39 is 0 Å². The average Bonchev–Trinajstić information content (AvgIpc) is 2.89. The molecule has 0 atom stereocenters. The van der Waals surface area contributed by atoms with Crippen molar-refractivity contribution in [1.29, 1.82) is 0 Å². The molecule has 0 aliphatic heterocycles. The van der Waals surface area contributed by atoms with Gasteiger partial charge in [-0.25, -0.2) is 0 Å².